The third-order valence-corrected chi connectivity index (χ3v) is 6.15. The maximum absolute atomic E-state index is 12.8. The van der Waals surface area contributed by atoms with Gasteiger partial charge in [-0.1, -0.05) is 12.1 Å². The summed E-state index contributed by atoms with van der Waals surface area (Å²) in [5, 5.41) is 10.8. The van der Waals surface area contributed by atoms with Crippen LogP contribution in [0.1, 0.15) is 49.8 Å². The minimum Gasteiger partial charge on any atom is -0.384 e. The van der Waals surface area contributed by atoms with E-state index in [1.807, 2.05) is 54.7 Å². The maximum Gasteiger partial charge on any atom is 0.271 e. The third kappa shape index (κ3) is 4.36. The number of hydrogen-bond donors (Lipinski definition) is 3. The highest BCUT2D eigenvalue weighted by Crippen LogP contribution is 2.24. The molecule has 0 unspecified atom stereocenters. The average Bonchev–Trinajstić information content (AvgIpc) is 3.34. The number of nitrogens with zero attached hydrogens (tertiary/aromatic N) is 5. The molecule has 0 saturated carbocycles. The van der Waals surface area contributed by atoms with Crippen LogP contribution >= 0.6 is 0 Å². The zero-order valence-corrected chi connectivity index (χ0v) is 19.6. The number of amides is 1. The first-order valence-corrected chi connectivity index (χ1v) is 11.3. The fourth-order valence-electron chi connectivity index (χ4n) is 4.38. The van der Waals surface area contributed by atoms with Crippen molar-refractivity contribution in [1.82, 2.24) is 29.6 Å². The summed E-state index contributed by atoms with van der Waals surface area (Å²) in [6.45, 7) is 8.20. The zero-order chi connectivity index (χ0) is 23.8. The second kappa shape index (κ2) is 8.66. The molecule has 1 aromatic carbocycles. The Kier molecular flexibility index (Phi) is 5.53. The molecular formula is C25H28N8O. The lowest BCUT2D eigenvalue weighted by molar-refractivity contribution is 0.0946. The van der Waals surface area contributed by atoms with Gasteiger partial charge >= 0.3 is 0 Å². The number of rotatable bonds is 5. The predicted molar refractivity (Wildman–Crippen MR) is 130 cm³/mol. The summed E-state index contributed by atoms with van der Waals surface area (Å²) in [4.78, 5) is 21.7. The van der Waals surface area contributed by atoms with Gasteiger partial charge in [-0.15, -0.1) is 0 Å². The first-order chi connectivity index (χ1) is 16.4. The number of benzene rings is 1. The second-order valence-corrected chi connectivity index (χ2v) is 8.84. The van der Waals surface area contributed by atoms with Crippen LogP contribution in [-0.2, 0) is 26.2 Å². The Morgan fingerprint density at radius 1 is 1.18 bits per heavy atom. The van der Waals surface area contributed by atoms with Crippen LogP contribution in [0.25, 0.3) is 0 Å². The highest BCUT2D eigenvalue weighted by atomic mass is 16.1. The first kappa shape index (κ1) is 21.7. The molecule has 0 radical (unpaired) electrons. The van der Waals surface area contributed by atoms with Crippen molar-refractivity contribution in [2.75, 3.05) is 11.1 Å². The highest BCUT2D eigenvalue weighted by Gasteiger charge is 2.19. The zero-order valence-electron chi connectivity index (χ0n) is 19.6. The summed E-state index contributed by atoms with van der Waals surface area (Å²) >= 11 is 0. The Hall–Kier alpha value is -4.14. The molecule has 1 aliphatic heterocycles. The van der Waals surface area contributed by atoms with Crippen molar-refractivity contribution in [3.8, 4) is 0 Å². The van der Waals surface area contributed by atoms with E-state index in [0.29, 0.717) is 31.1 Å². The fraction of sp³-hybridized carbons (Fsp3) is 0.280. The minimum absolute atomic E-state index is 0.207. The Bertz CT molecular complexity index is 1360. The van der Waals surface area contributed by atoms with Crippen molar-refractivity contribution < 1.29 is 4.79 Å². The van der Waals surface area contributed by atoms with Crippen LogP contribution < -0.4 is 16.4 Å². The van der Waals surface area contributed by atoms with Crippen LogP contribution in [0.2, 0.25) is 0 Å². The van der Waals surface area contributed by atoms with Crippen molar-refractivity contribution in [2.45, 2.75) is 47.0 Å². The Balaban J connectivity index is 1.28. The molecule has 0 aliphatic carbocycles. The van der Waals surface area contributed by atoms with E-state index in [1.54, 1.807) is 0 Å². The minimum atomic E-state index is -0.207. The smallest absolute Gasteiger partial charge is 0.271 e. The van der Waals surface area contributed by atoms with Gasteiger partial charge in [0.25, 0.3) is 5.91 Å². The van der Waals surface area contributed by atoms with E-state index in [-0.39, 0.29) is 5.91 Å². The number of hydrogen-bond acceptors (Lipinski definition) is 6. The lowest BCUT2D eigenvalue weighted by Crippen LogP contribution is -2.24. The molecule has 0 atom stereocenters. The lowest BCUT2D eigenvalue weighted by atomic mass is 10.1. The normalized spacial score (nSPS) is 12.4. The number of imidazole rings is 1. The van der Waals surface area contributed by atoms with Crippen molar-refractivity contribution in [2.24, 2.45) is 0 Å². The summed E-state index contributed by atoms with van der Waals surface area (Å²) in [7, 11) is 0. The summed E-state index contributed by atoms with van der Waals surface area (Å²) in [5.41, 5.74) is 13.6. The first-order valence-electron chi connectivity index (χ1n) is 11.3. The van der Waals surface area contributed by atoms with Crippen molar-refractivity contribution in [1.29, 1.82) is 0 Å². The van der Waals surface area contributed by atoms with E-state index in [4.69, 9.17) is 5.73 Å². The molecule has 1 amide bonds. The lowest BCUT2D eigenvalue weighted by Gasteiger charge is -2.11. The summed E-state index contributed by atoms with van der Waals surface area (Å²) < 4.78 is 3.97. The van der Waals surface area contributed by atoms with Crippen molar-refractivity contribution in [3.63, 3.8) is 0 Å². The maximum atomic E-state index is 12.8. The molecule has 0 spiro atoms. The van der Waals surface area contributed by atoms with Crippen LogP contribution in [0.5, 0.6) is 0 Å². The number of nitrogen functional groups attached to an aromatic ring is 1. The number of anilines is 2. The van der Waals surface area contributed by atoms with Crippen LogP contribution in [0, 0.1) is 20.8 Å². The van der Waals surface area contributed by atoms with Crippen LogP contribution in [0.3, 0.4) is 0 Å². The van der Waals surface area contributed by atoms with Crippen LogP contribution in [0.15, 0.2) is 42.9 Å². The van der Waals surface area contributed by atoms with Crippen LogP contribution in [-0.4, -0.2) is 30.2 Å². The number of carbonyl (C=O) groups is 1. The number of carbonyl (C=O) groups excluding carboxylic acids is 1. The second-order valence-electron chi connectivity index (χ2n) is 8.84. The van der Waals surface area contributed by atoms with E-state index in [0.717, 1.165) is 46.0 Å². The van der Waals surface area contributed by atoms with Gasteiger partial charge in [0.2, 0.25) is 0 Å². The highest BCUT2D eigenvalue weighted by molar-refractivity contribution is 5.92. The molecule has 34 heavy (non-hydrogen) atoms. The molecule has 9 heteroatoms. The number of pyridine rings is 1. The van der Waals surface area contributed by atoms with Gasteiger partial charge in [0, 0.05) is 30.3 Å². The molecular weight excluding hydrogens is 428 g/mol. The summed E-state index contributed by atoms with van der Waals surface area (Å²) in [5.74, 6) is 1.10. The molecule has 4 heterocycles. The van der Waals surface area contributed by atoms with Gasteiger partial charge in [-0.3, -0.25) is 9.48 Å². The van der Waals surface area contributed by atoms with Gasteiger partial charge in [0.05, 0.1) is 25.8 Å². The van der Waals surface area contributed by atoms with E-state index in [1.165, 1.54) is 5.56 Å². The van der Waals surface area contributed by atoms with Gasteiger partial charge in [0.15, 0.2) is 0 Å². The molecule has 4 aromatic rings. The topological polar surface area (TPSA) is 116 Å². The molecule has 174 valence electrons. The van der Waals surface area contributed by atoms with Gasteiger partial charge in [0.1, 0.15) is 17.3 Å². The standard InChI is InChI=1S/C25H28N8O/c1-15-8-29-33(11-15)12-18-4-5-19-13-32-14-22(31-24(32)10-27-21(19)7-18)25(34)28-9-20-16(2)6-23(26)30-17(20)3/h4-8,11,14,27H,9-10,12-13H2,1-3H3,(H2,26,30)(H,28,34). The molecule has 4 N–H and O–H groups in total. The number of aryl methyl sites for hydroxylation is 3. The summed E-state index contributed by atoms with van der Waals surface area (Å²) in [6.07, 6.45) is 5.72. The summed E-state index contributed by atoms with van der Waals surface area (Å²) in [6, 6.07) is 8.23. The molecule has 3 aromatic heterocycles. The average molecular weight is 457 g/mol. The van der Waals surface area contributed by atoms with Crippen LogP contribution in [0.4, 0.5) is 11.5 Å². The molecule has 0 saturated heterocycles. The van der Waals surface area contributed by atoms with Gasteiger partial charge in [-0.25, -0.2) is 9.97 Å². The Labute approximate surface area is 198 Å². The van der Waals surface area contributed by atoms with Gasteiger partial charge < -0.3 is 20.9 Å². The van der Waals surface area contributed by atoms with Gasteiger partial charge in [-0.2, -0.15) is 5.10 Å². The molecule has 5 rings (SSSR count). The fourth-order valence-corrected chi connectivity index (χ4v) is 4.38. The number of nitrogens with one attached hydrogen (secondary N) is 2. The molecule has 0 fully saturated rings. The van der Waals surface area contributed by atoms with Crippen molar-refractivity contribution in [3.05, 3.63) is 87.9 Å². The monoisotopic (exact) mass is 456 g/mol. The molecule has 0 bridgehead atoms. The third-order valence-electron chi connectivity index (χ3n) is 6.15. The number of aromatic nitrogens is 5. The number of fused-ring (bicyclic) bond motifs is 2. The largest absolute Gasteiger partial charge is 0.384 e. The van der Waals surface area contributed by atoms with E-state index >= 15 is 0 Å². The van der Waals surface area contributed by atoms with Crippen molar-refractivity contribution >= 4 is 17.4 Å². The predicted octanol–water partition coefficient (Wildman–Crippen LogP) is 2.93. The Morgan fingerprint density at radius 3 is 2.79 bits per heavy atom. The van der Waals surface area contributed by atoms with E-state index in [2.05, 4.69) is 43.9 Å². The van der Waals surface area contributed by atoms with E-state index in [9.17, 15) is 4.79 Å². The quantitative estimate of drug-likeness (QED) is 0.425. The van der Waals surface area contributed by atoms with E-state index < -0.39 is 0 Å². The molecule has 9 nitrogen and oxygen atoms in total. The Morgan fingerprint density at radius 2 is 2.03 bits per heavy atom. The SMILES string of the molecule is Cc1cnn(Cc2ccc3c(c2)NCc2nc(C(=O)NCc4c(C)cc(N)nc4C)cn2C3)c1. The molecule has 1 aliphatic rings. The van der Waals surface area contributed by atoms with Gasteiger partial charge in [-0.05, 0) is 60.7 Å². The number of nitrogens with two attached hydrogens (primary N) is 1.